The fourth-order valence-corrected chi connectivity index (χ4v) is 4.86. The van der Waals surface area contributed by atoms with Crippen LogP contribution >= 0.6 is 37.5 Å². The molecule has 39 heteroatoms. The molecule has 1 rings (SSSR count). The number of aromatic nitrogens is 2. The highest BCUT2D eigenvalue weighted by molar-refractivity contribution is 7.83. The van der Waals surface area contributed by atoms with Crippen LogP contribution in [0, 0.1) is 4.77 Å². The highest BCUT2D eigenvalue weighted by atomic mass is 32.1. The molecule has 1 aromatic heterocycles. The van der Waals surface area contributed by atoms with Gasteiger partial charge in [0.1, 0.15) is 10.1 Å². The topological polar surface area (TPSA) is 9.86 Å². The Kier molecular flexibility index (Phi) is 13.4. The second-order valence-electron chi connectivity index (χ2n) is 11.4. The molecule has 0 saturated carbocycles. The van der Waals surface area contributed by atoms with Crippen molar-refractivity contribution in [3.8, 4) is 0 Å². The SMILES string of the molecule is FC(F)(F)C(F)(F)C(F)(F)C(F)(F)C(F)(F)C(F)(F)C(F)(F)C(F)(F)Cn1c(S)c(S)n(CC(F)(F)C(F)(F)C(F)(F)C(F)(F)C(F)(F)C(F)(F)C(F)(F)C(F)(F)F)c1=S. The van der Waals surface area contributed by atoms with Crippen LogP contribution in [-0.4, -0.2) is 104 Å². The number of hydrogen-bond acceptors (Lipinski definition) is 3. The van der Waals surface area contributed by atoms with Gasteiger partial charge in [-0.3, -0.25) is 0 Å². The van der Waals surface area contributed by atoms with Gasteiger partial charge < -0.3 is 9.13 Å². The van der Waals surface area contributed by atoms with Crippen LogP contribution in [0.3, 0.4) is 0 Å². The average Bonchev–Trinajstić information content (AvgIpc) is 3.20. The third kappa shape index (κ3) is 7.07. The Balaban J connectivity index is 3.90. The Bertz CT molecular complexity index is 1680. The number of nitrogens with zero attached hydrogens (tertiary/aromatic N) is 2. The lowest BCUT2D eigenvalue weighted by atomic mass is 9.89. The second kappa shape index (κ2) is 14.4. The van der Waals surface area contributed by atoms with Crippen molar-refractivity contribution >= 4 is 37.5 Å². The lowest BCUT2D eigenvalue weighted by Gasteiger charge is -2.43. The van der Waals surface area contributed by atoms with Crippen molar-refractivity contribution in [2.24, 2.45) is 0 Å². The Morgan fingerprint density at radius 1 is 0.283 bits per heavy atom. The first-order valence-corrected chi connectivity index (χ1v) is 14.4. The molecule has 0 spiro atoms. The standard InChI is InChI=1S/C21H6F34N2S3/c22-6(23,8(26,27)10(30,31)12(34,35)14(38,39)16(42,43)18(46,47)20(50,51)52)1-56-3(58)4(59)57(5(56)60)2-7(24,25)9(28,29)11(32,33)13(36,37)15(40,41)17(44,45)19(48,49)21(53,54)55/h58-59H,1-2H2. The molecule has 0 aromatic carbocycles. The molecule has 356 valence electrons. The summed E-state index contributed by atoms with van der Waals surface area (Å²) in [5.41, 5.74) is 0. The predicted molar refractivity (Wildman–Crippen MR) is 129 cm³/mol. The van der Waals surface area contributed by atoms with Crippen LogP contribution in [0.1, 0.15) is 0 Å². The van der Waals surface area contributed by atoms with E-state index in [9.17, 15) is 149 Å². The van der Waals surface area contributed by atoms with E-state index in [4.69, 9.17) is 0 Å². The molecule has 0 atom stereocenters. The molecule has 1 aromatic rings. The van der Waals surface area contributed by atoms with E-state index in [2.05, 4.69) is 37.5 Å². The summed E-state index contributed by atoms with van der Waals surface area (Å²) in [6, 6.07) is 0. The van der Waals surface area contributed by atoms with Crippen LogP contribution in [0.25, 0.3) is 0 Å². The molecule has 0 fully saturated rings. The third-order valence-electron chi connectivity index (χ3n) is 7.46. The van der Waals surface area contributed by atoms with Gasteiger partial charge in [0, 0.05) is 0 Å². The number of halogens is 34. The molecule has 0 aliphatic heterocycles. The molecular weight excluding hydrogens is 1020 g/mol. The van der Waals surface area contributed by atoms with E-state index < -0.39 is 132 Å². The van der Waals surface area contributed by atoms with Gasteiger partial charge in [-0.1, -0.05) is 0 Å². The maximum atomic E-state index is 14.5. The summed E-state index contributed by atoms with van der Waals surface area (Å²) in [4.78, 5) is 0. The molecule has 0 bridgehead atoms. The van der Waals surface area contributed by atoms with Gasteiger partial charge in [0.15, 0.2) is 4.77 Å². The van der Waals surface area contributed by atoms with Crippen molar-refractivity contribution in [2.45, 2.75) is 118 Å². The van der Waals surface area contributed by atoms with Crippen LogP contribution in [0.5, 0.6) is 0 Å². The quantitative estimate of drug-likeness (QED) is 0.0954. The fraction of sp³-hybridized carbons (Fsp3) is 0.857. The van der Waals surface area contributed by atoms with Crippen LogP contribution < -0.4 is 0 Å². The zero-order valence-electron chi connectivity index (χ0n) is 26.0. The number of rotatable bonds is 16. The molecule has 60 heavy (non-hydrogen) atoms. The Morgan fingerprint density at radius 2 is 0.433 bits per heavy atom. The van der Waals surface area contributed by atoms with Gasteiger partial charge in [-0.15, -0.1) is 25.3 Å². The van der Waals surface area contributed by atoms with Gasteiger partial charge in [-0.05, 0) is 12.2 Å². The summed E-state index contributed by atoms with van der Waals surface area (Å²) < 4.78 is 455. The minimum absolute atomic E-state index is 1.44. The largest absolute Gasteiger partial charge is 0.460 e. The number of thiol groups is 2. The van der Waals surface area contributed by atoms with Crippen molar-refractivity contribution < 1.29 is 149 Å². The zero-order valence-corrected chi connectivity index (χ0v) is 28.6. The molecule has 2 nitrogen and oxygen atoms in total. The van der Waals surface area contributed by atoms with E-state index in [1.165, 1.54) is 0 Å². The minimum atomic E-state index is -9.19. The Morgan fingerprint density at radius 3 is 0.600 bits per heavy atom. The van der Waals surface area contributed by atoms with Crippen LogP contribution in [0.4, 0.5) is 149 Å². The van der Waals surface area contributed by atoms with Gasteiger partial charge in [0.05, 0.1) is 13.1 Å². The minimum Gasteiger partial charge on any atom is -0.305 e. The van der Waals surface area contributed by atoms with Crippen LogP contribution in [0.15, 0.2) is 10.1 Å². The van der Waals surface area contributed by atoms with Crippen LogP contribution in [-0.2, 0) is 13.1 Å². The highest BCUT2D eigenvalue weighted by Gasteiger charge is 2.97. The summed E-state index contributed by atoms with van der Waals surface area (Å²) in [7, 11) is 0. The smallest absolute Gasteiger partial charge is 0.305 e. The first-order valence-electron chi connectivity index (χ1n) is 13.1. The first-order chi connectivity index (χ1) is 25.4. The average molecular weight is 1030 g/mol. The van der Waals surface area contributed by atoms with E-state index in [-0.39, 0.29) is 0 Å². The molecule has 0 N–H and O–H groups in total. The summed E-state index contributed by atoms with van der Waals surface area (Å²) >= 11 is 9.58. The third-order valence-corrected chi connectivity index (χ3v) is 8.98. The number of hydrogen-bond donors (Lipinski definition) is 2. The molecule has 0 aliphatic rings. The van der Waals surface area contributed by atoms with Gasteiger partial charge in [-0.25, -0.2) is 0 Å². The molecular formula is C21H6F34N2S3. The molecule has 0 aliphatic carbocycles. The maximum absolute atomic E-state index is 14.5. The monoisotopic (exact) mass is 1030 g/mol. The summed E-state index contributed by atoms with van der Waals surface area (Å²) in [5, 5.41) is -4.40. The lowest BCUT2D eigenvalue weighted by Crippen LogP contribution is -2.74. The van der Waals surface area contributed by atoms with Gasteiger partial charge in [0.25, 0.3) is 0 Å². The van der Waals surface area contributed by atoms with E-state index >= 15 is 0 Å². The van der Waals surface area contributed by atoms with E-state index in [1.54, 1.807) is 0 Å². The van der Waals surface area contributed by atoms with Crippen molar-refractivity contribution in [3.63, 3.8) is 0 Å². The molecule has 0 amide bonds. The second-order valence-corrected chi connectivity index (χ2v) is 12.6. The number of imidazole rings is 1. The van der Waals surface area contributed by atoms with Gasteiger partial charge in [0.2, 0.25) is 0 Å². The van der Waals surface area contributed by atoms with Gasteiger partial charge >= 0.3 is 95.3 Å². The summed E-state index contributed by atoms with van der Waals surface area (Å²) in [6.07, 6.45) is -16.3. The van der Waals surface area contributed by atoms with Crippen molar-refractivity contribution in [3.05, 3.63) is 4.77 Å². The van der Waals surface area contributed by atoms with Crippen molar-refractivity contribution in [2.75, 3.05) is 0 Å². The van der Waals surface area contributed by atoms with E-state index in [0.29, 0.717) is 0 Å². The van der Waals surface area contributed by atoms with Gasteiger partial charge in [-0.2, -0.15) is 149 Å². The van der Waals surface area contributed by atoms with E-state index in [0.717, 1.165) is 0 Å². The fourth-order valence-electron chi connectivity index (χ4n) is 3.84. The molecule has 0 radical (unpaired) electrons. The molecule has 1 heterocycles. The molecule has 0 unspecified atom stereocenters. The lowest BCUT2D eigenvalue weighted by molar-refractivity contribution is -0.462. The number of alkyl halides is 34. The normalized spacial score (nSPS) is 16.5. The summed E-state index contributed by atoms with van der Waals surface area (Å²) in [6.45, 7) is -7.90. The Labute approximate surface area is 319 Å². The first kappa shape index (κ1) is 55.8. The maximum Gasteiger partial charge on any atom is 0.460 e. The van der Waals surface area contributed by atoms with E-state index in [1.807, 2.05) is 0 Å². The van der Waals surface area contributed by atoms with Crippen molar-refractivity contribution in [1.82, 2.24) is 9.13 Å². The zero-order chi connectivity index (χ0) is 49.3. The van der Waals surface area contributed by atoms with Crippen molar-refractivity contribution in [1.29, 1.82) is 0 Å². The Hall–Kier alpha value is -2.25. The molecule has 0 saturated heterocycles. The summed E-state index contributed by atoms with van der Waals surface area (Å²) in [5.74, 6) is -122. The predicted octanol–water partition coefficient (Wildman–Crippen LogP) is 12.6. The van der Waals surface area contributed by atoms with Crippen LogP contribution in [0.2, 0.25) is 0 Å². The highest BCUT2D eigenvalue weighted by Crippen LogP contribution is 2.66.